The molecule has 0 saturated carbocycles. The van der Waals surface area contributed by atoms with Gasteiger partial charge in [0.1, 0.15) is 0 Å². The normalized spacial score (nSPS) is 10.3. The summed E-state index contributed by atoms with van der Waals surface area (Å²) in [6, 6.07) is 10.1. The smallest absolute Gasteiger partial charge is 0.0576 e. The van der Waals surface area contributed by atoms with E-state index in [1.807, 2.05) is 24.4 Å². The Balaban J connectivity index is 1.92. The average Bonchev–Trinajstić information content (AvgIpc) is 2.76. The van der Waals surface area contributed by atoms with E-state index in [9.17, 15) is 0 Å². The third kappa shape index (κ3) is 2.57. The van der Waals surface area contributed by atoms with Crippen LogP contribution in [0.3, 0.4) is 0 Å². The second-order valence-corrected chi connectivity index (χ2v) is 3.96. The van der Waals surface area contributed by atoms with Crippen LogP contribution in [0.5, 0.6) is 0 Å². The molecule has 0 amide bonds. The number of anilines is 2. The molecular formula is C13H17N3. The number of benzene rings is 1. The summed E-state index contributed by atoms with van der Waals surface area (Å²) in [7, 11) is 0. The van der Waals surface area contributed by atoms with Crippen molar-refractivity contribution in [1.29, 1.82) is 0 Å². The number of aromatic nitrogens is 1. The zero-order chi connectivity index (χ0) is 11.4. The zero-order valence-electron chi connectivity index (χ0n) is 9.46. The lowest BCUT2D eigenvalue weighted by atomic mass is 10.2. The largest absolute Gasteiger partial charge is 0.397 e. The molecule has 16 heavy (non-hydrogen) atoms. The molecule has 4 N–H and O–H groups in total. The summed E-state index contributed by atoms with van der Waals surface area (Å²) in [6.07, 6.45) is 2.91. The Morgan fingerprint density at radius 2 is 2.19 bits per heavy atom. The van der Waals surface area contributed by atoms with Crippen molar-refractivity contribution in [3.8, 4) is 0 Å². The van der Waals surface area contributed by atoms with E-state index in [0.29, 0.717) is 0 Å². The standard InChI is InChI=1S/C13H17N3/c1-10-4-5-12(14)13(9-10)16-8-6-11-3-2-7-15-11/h2-5,7,9,15-16H,6,8,14H2,1H3. The summed E-state index contributed by atoms with van der Waals surface area (Å²) in [5.41, 5.74) is 10.2. The highest BCUT2D eigenvalue weighted by Gasteiger charge is 1.98. The van der Waals surface area contributed by atoms with Gasteiger partial charge < -0.3 is 16.0 Å². The first kappa shape index (κ1) is 10.6. The SMILES string of the molecule is Cc1ccc(N)c(NCCc2ccc[nH]2)c1. The Morgan fingerprint density at radius 3 is 2.94 bits per heavy atom. The topological polar surface area (TPSA) is 53.8 Å². The van der Waals surface area contributed by atoms with E-state index in [1.165, 1.54) is 11.3 Å². The van der Waals surface area contributed by atoms with Gasteiger partial charge in [0, 0.05) is 24.9 Å². The van der Waals surface area contributed by atoms with Crippen LogP contribution in [-0.2, 0) is 6.42 Å². The number of aryl methyl sites for hydroxylation is 1. The molecule has 0 fully saturated rings. The molecule has 0 aliphatic rings. The van der Waals surface area contributed by atoms with Crippen LogP contribution in [0, 0.1) is 6.92 Å². The average molecular weight is 215 g/mol. The maximum atomic E-state index is 5.88. The fourth-order valence-corrected chi connectivity index (χ4v) is 1.68. The van der Waals surface area contributed by atoms with E-state index in [4.69, 9.17) is 5.73 Å². The quantitative estimate of drug-likeness (QED) is 0.686. The number of nitrogen functional groups attached to an aromatic ring is 1. The van der Waals surface area contributed by atoms with Gasteiger partial charge in [-0.05, 0) is 36.8 Å². The van der Waals surface area contributed by atoms with Crippen molar-refractivity contribution >= 4 is 11.4 Å². The van der Waals surface area contributed by atoms with Gasteiger partial charge in [-0.2, -0.15) is 0 Å². The van der Waals surface area contributed by atoms with Gasteiger partial charge in [-0.25, -0.2) is 0 Å². The van der Waals surface area contributed by atoms with Crippen molar-refractivity contribution in [2.75, 3.05) is 17.6 Å². The van der Waals surface area contributed by atoms with Crippen LogP contribution in [-0.4, -0.2) is 11.5 Å². The number of hydrogen-bond acceptors (Lipinski definition) is 2. The van der Waals surface area contributed by atoms with Gasteiger partial charge in [-0.1, -0.05) is 6.07 Å². The molecule has 1 heterocycles. The van der Waals surface area contributed by atoms with Gasteiger partial charge in [-0.15, -0.1) is 0 Å². The number of hydrogen-bond donors (Lipinski definition) is 3. The summed E-state index contributed by atoms with van der Waals surface area (Å²) in [5, 5.41) is 3.35. The Morgan fingerprint density at radius 1 is 1.31 bits per heavy atom. The number of H-pyrrole nitrogens is 1. The lowest BCUT2D eigenvalue weighted by molar-refractivity contribution is 0.977. The summed E-state index contributed by atoms with van der Waals surface area (Å²) in [5.74, 6) is 0. The molecule has 0 unspecified atom stereocenters. The maximum Gasteiger partial charge on any atom is 0.0576 e. The number of nitrogens with one attached hydrogen (secondary N) is 2. The molecule has 0 saturated heterocycles. The molecule has 0 aliphatic carbocycles. The number of rotatable bonds is 4. The van der Waals surface area contributed by atoms with E-state index >= 15 is 0 Å². The molecule has 1 aromatic heterocycles. The van der Waals surface area contributed by atoms with Crippen LogP contribution in [0.25, 0.3) is 0 Å². The molecule has 84 valence electrons. The Labute approximate surface area is 95.7 Å². The molecule has 3 nitrogen and oxygen atoms in total. The van der Waals surface area contributed by atoms with Crippen LogP contribution in [0.15, 0.2) is 36.5 Å². The molecule has 1 aromatic carbocycles. The van der Waals surface area contributed by atoms with Crippen molar-refractivity contribution in [1.82, 2.24) is 4.98 Å². The molecule has 3 heteroatoms. The maximum absolute atomic E-state index is 5.88. The van der Waals surface area contributed by atoms with E-state index in [2.05, 4.69) is 29.4 Å². The van der Waals surface area contributed by atoms with Crippen LogP contribution in [0.2, 0.25) is 0 Å². The van der Waals surface area contributed by atoms with Crippen molar-refractivity contribution in [3.05, 3.63) is 47.8 Å². The molecular weight excluding hydrogens is 198 g/mol. The van der Waals surface area contributed by atoms with Crippen LogP contribution in [0.4, 0.5) is 11.4 Å². The molecule has 0 radical (unpaired) electrons. The van der Waals surface area contributed by atoms with Crippen LogP contribution < -0.4 is 11.1 Å². The van der Waals surface area contributed by atoms with Crippen molar-refractivity contribution in [2.45, 2.75) is 13.3 Å². The fraction of sp³-hybridized carbons (Fsp3) is 0.231. The second kappa shape index (κ2) is 4.75. The highest BCUT2D eigenvalue weighted by atomic mass is 14.9. The monoisotopic (exact) mass is 215 g/mol. The minimum Gasteiger partial charge on any atom is -0.397 e. The third-order valence-corrected chi connectivity index (χ3v) is 2.58. The van der Waals surface area contributed by atoms with Gasteiger partial charge in [0.25, 0.3) is 0 Å². The van der Waals surface area contributed by atoms with Gasteiger partial charge in [0.05, 0.1) is 11.4 Å². The Kier molecular flexibility index (Phi) is 3.15. The van der Waals surface area contributed by atoms with Gasteiger partial charge >= 0.3 is 0 Å². The summed E-state index contributed by atoms with van der Waals surface area (Å²) < 4.78 is 0. The first-order chi connectivity index (χ1) is 7.75. The van der Waals surface area contributed by atoms with Crippen molar-refractivity contribution in [3.63, 3.8) is 0 Å². The molecule has 0 bridgehead atoms. The molecule has 2 aromatic rings. The van der Waals surface area contributed by atoms with E-state index < -0.39 is 0 Å². The first-order valence-corrected chi connectivity index (χ1v) is 5.48. The summed E-state index contributed by atoms with van der Waals surface area (Å²) >= 11 is 0. The lowest BCUT2D eigenvalue weighted by Crippen LogP contribution is -2.07. The molecule has 0 atom stereocenters. The van der Waals surface area contributed by atoms with Crippen molar-refractivity contribution in [2.24, 2.45) is 0 Å². The predicted octanol–water partition coefficient (Wildman–Crippen LogP) is 2.56. The van der Waals surface area contributed by atoms with E-state index in [-0.39, 0.29) is 0 Å². The second-order valence-electron chi connectivity index (χ2n) is 3.96. The molecule has 2 rings (SSSR count). The fourth-order valence-electron chi connectivity index (χ4n) is 1.68. The minimum absolute atomic E-state index is 0.803. The Hall–Kier alpha value is -1.90. The Bertz CT molecular complexity index is 446. The number of aromatic amines is 1. The zero-order valence-corrected chi connectivity index (χ0v) is 9.46. The number of nitrogens with two attached hydrogens (primary N) is 1. The van der Waals surface area contributed by atoms with Gasteiger partial charge in [0.2, 0.25) is 0 Å². The highest BCUT2D eigenvalue weighted by molar-refractivity contribution is 5.66. The molecule has 0 aliphatic heterocycles. The van der Waals surface area contributed by atoms with E-state index in [1.54, 1.807) is 0 Å². The first-order valence-electron chi connectivity index (χ1n) is 5.48. The third-order valence-electron chi connectivity index (χ3n) is 2.58. The van der Waals surface area contributed by atoms with Crippen LogP contribution >= 0.6 is 0 Å². The van der Waals surface area contributed by atoms with Crippen molar-refractivity contribution < 1.29 is 0 Å². The minimum atomic E-state index is 0.803. The van der Waals surface area contributed by atoms with Gasteiger partial charge in [-0.3, -0.25) is 0 Å². The highest BCUT2D eigenvalue weighted by Crippen LogP contribution is 2.19. The van der Waals surface area contributed by atoms with E-state index in [0.717, 1.165) is 24.3 Å². The summed E-state index contributed by atoms with van der Waals surface area (Å²) in [6.45, 7) is 2.95. The van der Waals surface area contributed by atoms with Gasteiger partial charge in [0.15, 0.2) is 0 Å². The summed E-state index contributed by atoms with van der Waals surface area (Å²) in [4.78, 5) is 3.18. The van der Waals surface area contributed by atoms with Crippen LogP contribution in [0.1, 0.15) is 11.3 Å². The predicted molar refractivity (Wildman–Crippen MR) is 68.6 cm³/mol. The molecule has 0 spiro atoms. The lowest BCUT2D eigenvalue weighted by Gasteiger charge is -2.09.